The van der Waals surface area contributed by atoms with Gasteiger partial charge in [-0.25, -0.2) is 0 Å². The van der Waals surface area contributed by atoms with Gasteiger partial charge in [0.25, 0.3) is 0 Å². The van der Waals surface area contributed by atoms with Crippen LogP contribution in [0.5, 0.6) is 0 Å². The molecule has 0 aromatic rings. The lowest BCUT2D eigenvalue weighted by molar-refractivity contribution is -0.160. The summed E-state index contributed by atoms with van der Waals surface area (Å²) < 4.78 is 10.6. The van der Waals surface area contributed by atoms with Crippen LogP contribution in [0.25, 0.3) is 0 Å². The van der Waals surface area contributed by atoms with Gasteiger partial charge in [0.15, 0.2) is 6.10 Å². The van der Waals surface area contributed by atoms with E-state index in [1.165, 1.54) is 154 Å². The number of aliphatic hydroxyl groups excluding tert-OH is 1. The second-order valence-electron chi connectivity index (χ2n) is 16.2. The molecular formula is C53H92O5. The SMILES string of the molecule is CC/C=C\C/C=C\C/C=C\C/C=C\C/C=C\CC(=O)OC(CO)COC(=O)CCCCCCCCCCCCCCCCCCC/C=C\CCCCCCCCCC. The Morgan fingerprint density at radius 3 is 1.19 bits per heavy atom. The van der Waals surface area contributed by atoms with E-state index in [0.29, 0.717) is 6.42 Å². The van der Waals surface area contributed by atoms with Gasteiger partial charge in [-0.1, -0.05) is 228 Å². The molecule has 0 aliphatic carbocycles. The highest BCUT2D eigenvalue weighted by molar-refractivity contribution is 5.71. The molecule has 0 saturated heterocycles. The number of rotatable bonds is 44. The molecule has 0 spiro atoms. The predicted molar refractivity (Wildman–Crippen MR) is 251 cm³/mol. The molecule has 0 radical (unpaired) electrons. The topological polar surface area (TPSA) is 72.8 Å². The summed E-state index contributed by atoms with van der Waals surface area (Å²) in [6, 6.07) is 0. The van der Waals surface area contributed by atoms with Crippen molar-refractivity contribution in [3.63, 3.8) is 0 Å². The van der Waals surface area contributed by atoms with Crippen LogP contribution < -0.4 is 0 Å². The molecule has 0 saturated carbocycles. The van der Waals surface area contributed by atoms with Gasteiger partial charge in [-0.05, 0) is 64.2 Å². The largest absolute Gasteiger partial charge is 0.462 e. The zero-order chi connectivity index (χ0) is 42.1. The van der Waals surface area contributed by atoms with Crippen LogP contribution in [0.1, 0.15) is 232 Å². The minimum atomic E-state index is -0.828. The summed E-state index contributed by atoms with van der Waals surface area (Å²) in [5.74, 6) is -0.735. The Morgan fingerprint density at radius 2 is 0.793 bits per heavy atom. The first-order valence-corrected chi connectivity index (χ1v) is 24.5. The van der Waals surface area contributed by atoms with Gasteiger partial charge in [-0.15, -0.1) is 0 Å². The molecule has 5 heteroatoms. The van der Waals surface area contributed by atoms with Gasteiger partial charge in [0.1, 0.15) is 6.61 Å². The van der Waals surface area contributed by atoms with E-state index in [2.05, 4.69) is 74.6 Å². The summed E-state index contributed by atoms with van der Waals surface area (Å²) in [7, 11) is 0. The van der Waals surface area contributed by atoms with Crippen molar-refractivity contribution in [3.8, 4) is 0 Å². The maximum Gasteiger partial charge on any atom is 0.310 e. The minimum absolute atomic E-state index is 0.107. The molecule has 0 aromatic carbocycles. The number of ether oxygens (including phenoxy) is 2. The first kappa shape index (κ1) is 55.3. The van der Waals surface area contributed by atoms with Crippen molar-refractivity contribution >= 4 is 11.9 Å². The van der Waals surface area contributed by atoms with Crippen molar-refractivity contribution in [1.29, 1.82) is 0 Å². The normalized spacial score (nSPS) is 12.8. The molecule has 0 bridgehead atoms. The highest BCUT2D eigenvalue weighted by Crippen LogP contribution is 2.15. The summed E-state index contributed by atoms with van der Waals surface area (Å²) >= 11 is 0. The number of esters is 2. The molecule has 1 N–H and O–H groups in total. The zero-order valence-corrected chi connectivity index (χ0v) is 38.0. The van der Waals surface area contributed by atoms with Crippen LogP contribution in [-0.4, -0.2) is 36.4 Å². The van der Waals surface area contributed by atoms with Crippen molar-refractivity contribution in [2.24, 2.45) is 0 Å². The van der Waals surface area contributed by atoms with Crippen molar-refractivity contribution in [2.75, 3.05) is 13.2 Å². The first-order valence-electron chi connectivity index (χ1n) is 24.5. The number of aliphatic hydroxyl groups is 1. The molecular weight excluding hydrogens is 717 g/mol. The fourth-order valence-electron chi connectivity index (χ4n) is 6.86. The van der Waals surface area contributed by atoms with Crippen molar-refractivity contribution in [1.82, 2.24) is 0 Å². The molecule has 0 aromatic heterocycles. The molecule has 5 nitrogen and oxygen atoms in total. The van der Waals surface area contributed by atoms with Crippen molar-refractivity contribution in [3.05, 3.63) is 72.9 Å². The third kappa shape index (κ3) is 46.0. The second kappa shape index (κ2) is 48.7. The van der Waals surface area contributed by atoms with E-state index in [0.717, 1.165) is 51.4 Å². The third-order valence-corrected chi connectivity index (χ3v) is 10.5. The average Bonchev–Trinajstić information content (AvgIpc) is 3.23. The average molecular weight is 809 g/mol. The van der Waals surface area contributed by atoms with Crippen LogP contribution in [0.2, 0.25) is 0 Å². The Bertz CT molecular complexity index is 1050. The summed E-state index contributed by atoms with van der Waals surface area (Å²) in [6.45, 7) is 3.95. The van der Waals surface area contributed by atoms with E-state index in [1.807, 2.05) is 6.08 Å². The lowest BCUT2D eigenvalue weighted by Gasteiger charge is -2.15. The second-order valence-corrected chi connectivity index (χ2v) is 16.2. The Balaban J connectivity index is 3.52. The van der Waals surface area contributed by atoms with Crippen molar-refractivity contribution in [2.45, 2.75) is 238 Å². The standard InChI is InChI=1S/C53H92O5/c1-3-5-7-9-11-13-15-17-19-20-21-22-23-24-25-26-27-28-29-30-31-32-34-35-37-39-41-43-45-47-52(55)57-50-51(49-54)58-53(56)48-46-44-42-40-38-36-33-18-16-14-12-10-8-6-4-2/h6,8,12,14,18,20-21,33,38,40,44,46,51,54H,3-5,7,9-11,13,15-17,19,22-32,34-37,39,41-43,45,47-50H2,1-2H3/b8-6-,14-12-,21-20-,33-18-,40-38-,46-44-. The highest BCUT2D eigenvalue weighted by atomic mass is 16.6. The molecule has 58 heavy (non-hydrogen) atoms. The summed E-state index contributed by atoms with van der Waals surface area (Å²) in [5, 5.41) is 9.57. The molecule has 0 amide bonds. The molecule has 1 unspecified atom stereocenters. The minimum Gasteiger partial charge on any atom is -0.462 e. The molecule has 0 heterocycles. The molecule has 0 rings (SSSR count). The zero-order valence-electron chi connectivity index (χ0n) is 38.0. The molecule has 0 fully saturated rings. The van der Waals surface area contributed by atoms with Gasteiger partial charge in [0.05, 0.1) is 13.0 Å². The van der Waals surface area contributed by atoms with Crippen LogP contribution in [0, 0.1) is 0 Å². The Hall–Kier alpha value is -2.66. The number of carbonyl (C=O) groups excluding carboxylic acids is 2. The predicted octanol–water partition coefficient (Wildman–Crippen LogP) is 16.1. The Labute approximate surface area is 359 Å². The van der Waals surface area contributed by atoms with Crippen LogP contribution in [0.4, 0.5) is 0 Å². The number of hydrogen-bond acceptors (Lipinski definition) is 5. The molecule has 0 aliphatic heterocycles. The number of allylic oxidation sites excluding steroid dienone is 11. The van der Waals surface area contributed by atoms with Gasteiger partial charge in [0.2, 0.25) is 0 Å². The van der Waals surface area contributed by atoms with Gasteiger partial charge < -0.3 is 14.6 Å². The Kier molecular flexibility index (Phi) is 46.5. The summed E-state index contributed by atoms with van der Waals surface area (Å²) in [6.07, 6.45) is 66.0. The molecule has 334 valence electrons. The lowest BCUT2D eigenvalue weighted by atomic mass is 10.0. The van der Waals surface area contributed by atoms with E-state index in [1.54, 1.807) is 6.08 Å². The maximum absolute atomic E-state index is 12.2. The smallest absolute Gasteiger partial charge is 0.310 e. The van der Waals surface area contributed by atoms with Gasteiger partial charge in [0, 0.05) is 6.42 Å². The quantitative estimate of drug-likeness (QED) is 0.0377. The number of unbranched alkanes of at least 4 members (excludes halogenated alkanes) is 25. The third-order valence-electron chi connectivity index (χ3n) is 10.5. The number of hydrogen-bond donors (Lipinski definition) is 1. The highest BCUT2D eigenvalue weighted by Gasteiger charge is 2.15. The van der Waals surface area contributed by atoms with E-state index in [9.17, 15) is 14.7 Å². The molecule has 0 aliphatic rings. The summed E-state index contributed by atoms with van der Waals surface area (Å²) in [5.41, 5.74) is 0. The van der Waals surface area contributed by atoms with Gasteiger partial charge in [-0.3, -0.25) is 9.59 Å². The first-order chi connectivity index (χ1) is 28.6. The van der Waals surface area contributed by atoms with Crippen LogP contribution in [0.15, 0.2) is 72.9 Å². The maximum atomic E-state index is 12.2. The van der Waals surface area contributed by atoms with E-state index in [-0.39, 0.29) is 25.6 Å². The Morgan fingerprint density at radius 1 is 0.431 bits per heavy atom. The van der Waals surface area contributed by atoms with E-state index < -0.39 is 12.1 Å². The van der Waals surface area contributed by atoms with Crippen LogP contribution in [0.3, 0.4) is 0 Å². The fourth-order valence-corrected chi connectivity index (χ4v) is 6.86. The van der Waals surface area contributed by atoms with E-state index in [4.69, 9.17) is 9.47 Å². The lowest BCUT2D eigenvalue weighted by Crippen LogP contribution is -2.28. The monoisotopic (exact) mass is 809 g/mol. The van der Waals surface area contributed by atoms with Crippen molar-refractivity contribution < 1.29 is 24.2 Å². The summed E-state index contributed by atoms with van der Waals surface area (Å²) in [4.78, 5) is 24.3. The van der Waals surface area contributed by atoms with Gasteiger partial charge >= 0.3 is 11.9 Å². The van der Waals surface area contributed by atoms with Gasteiger partial charge in [-0.2, -0.15) is 0 Å². The number of carbonyl (C=O) groups is 2. The van der Waals surface area contributed by atoms with Crippen LogP contribution in [-0.2, 0) is 19.1 Å². The molecule has 1 atom stereocenters. The van der Waals surface area contributed by atoms with Crippen LogP contribution >= 0.6 is 0 Å². The fraction of sp³-hybridized carbons (Fsp3) is 0.736. The van der Waals surface area contributed by atoms with E-state index >= 15 is 0 Å².